The van der Waals surface area contributed by atoms with Crippen LogP contribution in [-0.4, -0.2) is 38.2 Å². The van der Waals surface area contributed by atoms with Gasteiger partial charge in [0.15, 0.2) is 0 Å². The molecule has 8 heteroatoms. The minimum atomic E-state index is -0.316. The molecule has 13 aromatic carbocycles. The number of hydrogen-bond acceptors (Lipinski definition) is 4. The third-order valence-corrected chi connectivity index (χ3v) is 22.1. The first kappa shape index (κ1) is 56.4. The summed E-state index contributed by atoms with van der Waals surface area (Å²) in [5, 5.41) is 9.42. The Bertz CT molecular complexity index is 5870. The molecule has 0 bridgehead atoms. The zero-order chi connectivity index (χ0) is 66.3. The first-order chi connectivity index (χ1) is 49.1. The second-order valence-corrected chi connectivity index (χ2v) is 28.2. The quantitative estimate of drug-likeness (QED) is 0.152. The highest BCUT2D eigenvalue weighted by molar-refractivity contribution is 6.12. The fourth-order valence-corrected chi connectivity index (χ4v) is 17.2. The number of fused-ring (bicyclic) bond motifs is 18. The van der Waals surface area contributed by atoms with E-state index in [1.54, 1.807) is 0 Å². The summed E-state index contributed by atoms with van der Waals surface area (Å²) in [5.74, 6) is 2.88. The largest absolute Gasteiger partial charge is 0.294 e. The predicted molar refractivity (Wildman–Crippen MR) is 412 cm³/mol. The molecule has 19 aromatic rings. The van der Waals surface area contributed by atoms with Gasteiger partial charge in [0.05, 0.1) is 55.5 Å². The monoisotopic (exact) mass is 1280 g/mol. The molecule has 21 rings (SSSR count). The summed E-state index contributed by atoms with van der Waals surface area (Å²) in [5.41, 5.74) is 26.8. The summed E-state index contributed by atoms with van der Waals surface area (Å²) in [4.78, 5) is 22.2. The van der Waals surface area contributed by atoms with Crippen molar-refractivity contribution in [1.29, 1.82) is 0 Å². The van der Waals surface area contributed by atoms with Crippen LogP contribution in [0.3, 0.4) is 0 Å². The van der Waals surface area contributed by atoms with E-state index in [9.17, 15) is 0 Å². The Morgan fingerprint density at radius 3 is 0.740 bits per heavy atom. The van der Waals surface area contributed by atoms with E-state index in [-0.39, 0.29) is 10.8 Å². The van der Waals surface area contributed by atoms with Crippen molar-refractivity contribution in [2.24, 2.45) is 0 Å². The zero-order valence-electron chi connectivity index (χ0n) is 55.4. The van der Waals surface area contributed by atoms with Crippen LogP contribution >= 0.6 is 0 Å². The summed E-state index contributed by atoms with van der Waals surface area (Å²) in [6, 6.07) is 111. The highest BCUT2D eigenvalue weighted by Crippen LogP contribution is 2.53. The van der Waals surface area contributed by atoms with Crippen LogP contribution < -0.4 is 0 Å². The van der Waals surface area contributed by atoms with Crippen LogP contribution in [0.15, 0.2) is 303 Å². The maximum atomic E-state index is 5.56. The van der Waals surface area contributed by atoms with Crippen molar-refractivity contribution in [3.63, 3.8) is 0 Å². The highest BCUT2D eigenvalue weighted by atomic mass is 15.2. The van der Waals surface area contributed by atoms with E-state index in [1.165, 1.54) is 110 Å². The van der Waals surface area contributed by atoms with Crippen molar-refractivity contribution in [1.82, 2.24) is 38.2 Å². The third kappa shape index (κ3) is 8.10. The minimum absolute atomic E-state index is 0.316. The number of para-hydroxylation sites is 8. The molecule has 0 saturated carbocycles. The Balaban J connectivity index is 0.628. The van der Waals surface area contributed by atoms with Crippen LogP contribution in [0, 0.1) is 0 Å². The summed E-state index contributed by atoms with van der Waals surface area (Å²) >= 11 is 0. The Hall–Kier alpha value is -12.8. The van der Waals surface area contributed by atoms with E-state index < -0.39 is 0 Å². The molecule has 0 fully saturated rings. The molecule has 0 spiro atoms. The average molecular weight is 1280 g/mol. The predicted octanol–water partition coefficient (Wildman–Crippen LogP) is 22.9. The van der Waals surface area contributed by atoms with Gasteiger partial charge < -0.3 is 0 Å². The molecular weight excluding hydrogens is 1220 g/mol. The van der Waals surface area contributed by atoms with Gasteiger partial charge in [-0.3, -0.25) is 18.3 Å². The lowest BCUT2D eigenvalue weighted by Gasteiger charge is -2.23. The van der Waals surface area contributed by atoms with Crippen molar-refractivity contribution < 1.29 is 0 Å². The molecule has 0 saturated heterocycles. The Labute approximate surface area is 576 Å². The Kier molecular flexibility index (Phi) is 11.8. The topological polar surface area (TPSA) is 71.3 Å². The Morgan fingerprint density at radius 2 is 0.450 bits per heavy atom. The summed E-state index contributed by atoms with van der Waals surface area (Å²) in [7, 11) is 0. The molecule has 2 aliphatic rings. The lowest BCUT2D eigenvalue weighted by Crippen LogP contribution is -2.15. The number of benzene rings is 13. The Morgan fingerprint density at radius 1 is 0.210 bits per heavy atom. The van der Waals surface area contributed by atoms with Gasteiger partial charge in [0.25, 0.3) is 0 Å². The van der Waals surface area contributed by atoms with Crippen LogP contribution in [0.5, 0.6) is 0 Å². The van der Waals surface area contributed by atoms with Crippen LogP contribution in [0.1, 0.15) is 49.9 Å². The molecule has 0 atom stereocenters. The summed E-state index contributed by atoms with van der Waals surface area (Å²) in [6.07, 6.45) is 0. The van der Waals surface area contributed by atoms with Gasteiger partial charge >= 0.3 is 0 Å². The fourth-order valence-electron chi connectivity index (χ4n) is 17.2. The average Bonchev–Trinajstić information content (AvgIpc) is 1.55. The third-order valence-electron chi connectivity index (χ3n) is 22.1. The molecule has 0 N–H and O–H groups in total. The molecule has 0 amide bonds. The molecule has 100 heavy (non-hydrogen) atoms. The van der Waals surface area contributed by atoms with E-state index in [4.69, 9.17) is 19.9 Å². The van der Waals surface area contributed by atoms with Crippen molar-refractivity contribution in [2.75, 3.05) is 0 Å². The molecular formula is C92H62N8. The molecule has 6 aromatic heterocycles. The van der Waals surface area contributed by atoms with Gasteiger partial charge in [-0.1, -0.05) is 240 Å². The molecule has 8 nitrogen and oxygen atoms in total. The first-order valence-corrected chi connectivity index (χ1v) is 34.5. The van der Waals surface area contributed by atoms with E-state index in [0.29, 0.717) is 11.9 Å². The lowest BCUT2D eigenvalue weighted by molar-refractivity contribution is 0.660. The molecule has 470 valence electrons. The van der Waals surface area contributed by atoms with Crippen molar-refractivity contribution in [2.45, 2.75) is 38.5 Å². The number of aromatic nitrogens is 8. The lowest BCUT2D eigenvalue weighted by atomic mass is 9.80. The molecule has 0 radical (unpaired) electrons. The standard InChI is InChI=1S/C92H62N8/c1-91(2)73-49-57(40-44-61(73)63-46-42-59(51-75(63)91)77-53-87(97-79-32-13-5-24-65(79)66-25-6-14-33-80(66)97)95-89(93-77)99-83-36-17-9-28-69(83)70-29-10-18-37-84(70)99)55-22-21-23-56(48-55)58-41-45-62-64-47-43-60(52-76(64)92(3,4)74(62)50-58)78-54-88(98-81-34-15-7-26-67(81)68-27-8-16-35-82(68)98)96-90(94-78)100-85-38-19-11-30-71(85)72-31-12-20-39-86(72)100/h5-54H,1-4H3. The van der Waals surface area contributed by atoms with Gasteiger partial charge in [0, 0.05) is 77.2 Å². The number of hydrogen-bond donors (Lipinski definition) is 0. The van der Waals surface area contributed by atoms with Gasteiger partial charge in [-0.05, 0) is 146 Å². The first-order valence-electron chi connectivity index (χ1n) is 34.5. The van der Waals surface area contributed by atoms with Gasteiger partial charge in [0.1, 0.15) is 11.6 Å². The zero-order valence-corrected chi connectivity index (χ0v) is 55.4. The maximum Gasteiger partial charge on any atom is 0.237 e. The molecule has 2 aliphatic carbocycles. The van der Waals surface area contributed by atoms with E-state index in [2.05, 4.69) is 349 Å². The van der Waals surface area contributed by atoms with Crippen LogP contribution in [0.25, 0.3) is 178 Å². The van der Waals surface area contributed by atoms with Crippen molar-refractivity contribution in [3.8, 4) is 90.6 Å². The SMILES string of the molecule is CC1(C)c2cc(-c3cccc(-c4ccc5c(c4)C(C)(C)c4cc(-c6cc(-n7c8ccccc8c8ccccc87)nc(-n7c8ccccc8c8ccccc87)n6)ccc4-5)c3)ccc2-c2ccc(-c3cc(-n4c5ccccc5c5ccccc54)nc(-n4c5ccccc5c5ccccc54)n3)cc21. The normalized spacial score (nSPS) is 13.6. The number of nitrogens with zero attached hydrogens (tertiary/aromatic N) is 8. The van der Waals surface area contributed by atoms with Gasteiger partial charge in [-0.15, -0.1) is 0 Å². The summed E-state index contributed by atoms with van der Waals surface area (Å²) in [6.45, 7) is 9.52. The van der Waals surface area contributed by atoms with E-state index >= 15 is 0 Å². The van der Waals surface area contributed by atoms with Gasteiger partial charge in [-0.2, -0.15) is 9.97 Å². The number of rotatable bonds is 8. The van der Waals surface area contributed by atoms with Crippen LogP contribution in [0.4, 0.5) is 0 Å². The summed E-state index contributed by atoms with van der Waals surface area (Å²) < 4.78 is 9.10. The van der Waals surface area contributed by atoms with Crippen LogP contribution in [-0.2, 0) is 10.8 Å². The van der Waals surface area contributed by atoms with Crippen LogP contribution in [0.2, 0.25) is 0 Å². The molecule has 6 heterocycles. The fraction of sp³-hybridized carbons (Fsp3) is 0.0652. The highest BCUT2D eigenvalue weighted by Gasteiger charge is 2.38. The van der Waals surface area contributed by atoms with Gasteiger partial charge in [0.2, 0.25) is 11.9 Å². The van der Waals surface area contributed by atoms with Crippen molar-refractivity contribution >= 4 is 87.2 Å². The second-order valence-electron chi connectivity index (χ2n) is 28.2. The second kappa shape index (κ2) is 20.9. The van der Waals surface area contributed by atoms with E-state index in [0.717, 1.165) is 78.3 Å². The smallest absolute Gasteiger partial charge is 0.237 e. The van der Waals surface area contributed by atoms with Crippen molar-refractivity contribution in [3.05, 3.63) is 326 Å². The van der Waals surface area contributed by atoms with E-state index in [1.807, 2.05) is 0 Å². The molecule has 0 aliphatic heterocycles. The molecule has 0 unspecified atom stereocenters. The van der Waals surface area contributed by atoms with Gasteiger partial charge in [-0.25, -0.2) is 9.97 Å². The minimum Gasteiger partial charge on any atom is -0.294 e. The maximum absolute atomic E-state index is 5.56.